The van der Waals surface area contributed by atoms with Gasteiger partial charge >= 0.3 is 6.09 Å². The van der Waals surface area contributed by atoms with E-state index in [4.69, 9.17) is 9.57 Å². The molecule has 3 saturated heterocycles. The van der Waals surface area contributed by atoms with Gasteiger partial charge < -0.3 is 15.0 Å². The van der Waals surface area contributed by atoms with Crippen LogP contribution < -0.4 is 5.32 Å². The van der Waals surface area contributed by atoms with Gasteiger partial charge in [-0.25, -0.2) is 4.79 Å². The van der Waals surface area contributed by atoms with Crippen molar-refractivity contribution in [1.82, 2.24) is 20.2 Å². The van der Waals surface area contributed by atoms with Gasteiger partial charge in [-0.15, -0.1) is 0 Å². The van der Waals surface area contributed by atoms with Crippen molar-refractivity contribution in [3.05, 3.63) is 35.4 Å². The lowest BCUT2D eigenvalue weighted by atomic mass is 10.1. The van der Waals surface area contributed by atoms with Crippen LogP contribution in [0, 0.1) is 24.2 Å². The minimum absolute atomic E-state index is 0.170. The number of amides is 2. The average molecular weight is 498 g/mol. The topological polar surface area (TPSA) is 98.1 Å². The number of ether oxygens (including phenoxy) is 1. The lowest BCUT2D eigenvalue weighted by Gasteiger charge is -2.33. The highest BCUT2D eigenvalue weighted by atomic mass is 16.7. The summed E-state index contributed by atoms with van der Waals surface area (Å²) < 4.78 is 5.46. The number of likely N-dealkylation sites (tertiary alicyclic amines) is 2. The zero-order chi connectivity index (χ0) is 26.0. The summed E-state index contributed by atoms with van der Waals surface area (Å²) in [5.74, 6) is 0.0195. The highest BCUT2D eigenvalue weighted by Crippen LogP contribution is 2.30. The van der Waals surface area contributed by atoms with Crippen LogP contribution in [-0.4, -0.2) is 82.9 Å². The molecule has 3 fully saturated rings. The SMILES string of the molecule is Cc1ccccc1CN1OCC2CC1CN2CC(NC(=O)OC(C)(C)C)C(=O)N1CC(C)CC1C#N. The highest BCUT2D eigenvalue weighted by molar-refractivity contribution is 5.86. The largest absolute Gasteiger partial charge is 0.444 e. The molecule has 9 nitrogen and oxygen atoms in total. The molecule has 3 aliphatic heterocycles. The predicted molar refractivity (Wildman–Crippen MR) is 134 cm³/mol. The third-order valence-electron chi connectivity index (χ3n) is 7.28. The number of hydroxylamine groups is 2. The van der Waals surface area contributed by atoms with Crippen molar-refractivity contribution in [1.29, 1.82) is 5.26 Å². The first kappa shape index (κ1) is 26.4. The first-order valence-electron chi connectivity index (χ1n) is 12.9. The minimum atomic E-state index is -0.801. The molecule has 196 valence electrons. The molecular formula is C27H39N5O4. The number of alkyl carbamates (subject to hydrolysis) is 1. The van der Waals surface area contributed by atoms with Crippen LogP contribution in [0.3, 0.4) is 0 Å². The maximum atomic E-state index is 13.6. The Morgan fingerprint density at radius 3 is 2.67 bits per heavy atom. The fraction of sp³-hybridized carbons (Fsp3) is 0.667. The summed E-state index contributed by atoms with van der Waals surface area (Å²) in [4.78, 5) is 36.3. The second kappa shape index (κ2) is 10.8. The van der Waals surface area contributed by atoms with Crippen molar-refractivity contribution in [3.8, 4) is 6.07 Å². The number of nitrogens with zero attached hydrogens (tertiary/aromatic N) is 4. The van der Waals surface area contributed by atoms with Gasteiger partial charge in [0.25, 0.3) is 0 Å². The monoisotopic (exact) mass is 497 g/mol. The molecular weight excluding hydrogens is 458 g/mol. The van der Waals surface area contributed by atoms with Crippen molar-refractivity contribution in [2.75, 3.05) is 26.2 Å². The number of nitrogens with one attached hydrogen (secondary N) is 1. The van der Waals surface area contributed by atoms with Gasteiger partial charge in [0.1, 0.15) is 17.7 Å². The molecule has 0 saturated carbocycles. The van der Waals surface area contributed by atoms with Crippen LogP contribution in [0.4, 0.5) is 4.79 Å². The number of nitriles is 1. The van der Waals surface area contributed by atoms with Crippen molar-refractivity contribution >= 4 is 12.0 Å². The summed E-state index contributed by atoms with van der Waals surface area (Å²) in [5.41, 5.74) is 1.79. The number of carbonyl (C=O) groups excluding carboxylic acids is 2. The number of hydrogen-bond donors (Lipinski definition) is 1. The Hall–Kier alpha value is -2.67. The fourth-order valence-corrected chi connectivity index (χ4v) is 5.46. The van der Waals surface area contributed by atoms with E-state index in [2.05, 4.69) is 40.4 Å². The van der Waals surface area contributed by atoms with E-state index >= 15 is 0 Å². The lowest BCUT2D eigenvalue weighted by molar-refractivity contribution is -0.209. The molecule has 0 radical (unpaired) electrons. The second-order valence-corrected chi connectivity index (χ2v) is 11.5. The Labute approximate surface area is 214 Å². The quantitative estimate of drug-likeness (QED) is 0.645. The summed E-state index contributed by atoms with van der Waals surface area (Å²) in [6.45, 7) is 12.4. The van der Waals surface area contributed by atoms with E-state index in [0.29, 0.717) is 32.7 Å². The number of hydrogen-bond acceptors (Lipinski definition) is 7. The standard InChI is InChI=1S/C27H39N5O4/c1-18-10-21(12-28)31(13-18)25(33)24(29-26(34)36-27(3,4)5)16-30-15-22-11-23(30)17-35-32(22)14-20-9-7-6-8-19(20)2/h6-9,18,21-24H,10-11,13-17H2,1-5H3,(H,29,34). The van der Waals surface area contributed by atoms with E-state index in [1.54, 1.807) is 25.7 Å². The van der Waals surface area contributed by atoms with Gasteiger partial charge in [0.15, 0.2) is 0 Å². The molecule has 1 aromatic rings. The summed E-state index contributed by atoms with van der Waals surface area (Å²) in [5, 5.41) is 14.5. The molecule has 2 bridgehead atoms. The Balaban J connectivity index is 1.46. The predicted octanol–water partition coefficient (Wildman–Crippen LogP) is 2.84. The second-order valence-electron chi connectivity index (χ2n) is 11.5. The van der Waals surface area contributed by atoms with Gasteiger partial charge in [0, 0.05) is 38.3 Å². The average Bonchev–Trinajstić information content (AvgIpc) is 3.34. The maximum absolute atomic E-state index is 13.6. The van der Waals surface area contributed by atoms with Crippen molar-refractivity contribution in [2.45, 2.75) is 83.8 Å². The highest BCUT2D eigenvalue weighted by Gasteiger charge is 2.44. The van der Waals surface area contributed by atoms with Gasteiger partial charge in [-0.2, -0.15) is 10.3 Å². The normalized spacial score (nSPS) is 27.5. The van der Waals surface area contributed by atoms with Crippen LogP contribution in [0.15, 0.2) is 24.3 Å². The lowest BCUT2D eigenvalue weighted by Crippen LogP contribution is -2.56. The smallest absolute Gasteiger partial charge is 0.408 e. The Bertz CT molecular complexity index is 1000. The van der Waals surface area contributed by atoms with E-state index in [1.165, 1.54) is 11.1 Å². The molecule has 3 aliphatic rings. The zero-order valence-corrected chi connectivity index (χ0v) is 22.1. The van der Waals surface area contributed by atoms with Crippen LogP contribution in [0.5, 0.6) is 0 Å². The van der Waals surface area contributed by atoms with Gasteiger partial charge in [-0.3, -0.25) is 14.5 Å². The van der Waals surface area contributed by atoms with Gasteiger partial charge in [-0.1, -0.05) is 31.2 Å². The molecule has 5 unspecified atom stereocenters. The van der Waals surface area contributed by atoms with Crippen LogP contribution >= 0.6 is 0 Å². The summed E-state index contributed by atoms with van der Waals surface area (Å²) in [6, 6.07) is 9.67. The van der Waals surface area contributed by atoms with Gasteiger partial charge in [-0.05, 0) is 57.6 Å². The van der Waals surface area contributed by atoms with Crippen molar-refractivity contribution in [3.63, 3.8) is 0 Å². The maximum Gasteiger partial charge on any atom is 0.408 e. The van der Waals surface area contributed by atoms with Crippen LogP contribution in [0.1, 0.15) is 51.7 Å². The first-order chi connectivity index (χ1) is 17.0. The van der Waals surface area contributed by atoms with E-state index in [9.17, 15) is 14.9 Å². The number of fused-ring (bicyclic) bond motifs is 2. The molecule has 9 heteroatoms. The van der Waals surface area contributed by atoms with Crippen LogP contribution in [0.2, 0.25) is 0 Å². The number of benzene rings is 1. The summed E-state index contributed by atoms with van der Waals surface area (Å²) >= 11 is 0. The minimum Gasteiger partial charge on any atom is -0.444 e. The molecule has 0 spiro atoms. The van der Waals surface area contributed by atoms with E-state index in [1.807, 2.05) is 19.1 Å². The molecule has 0 aromatic heterocycles. The van der Waals surface area contributed by atoms with Gasteiger partial charge in [0.2, 0.25) is 5.91 Å². The van der Waals surface area contributed by atoms with E-state index < -0.39 is 23.8 Å². The zero-order valence-electron chi connectivity index (χ0n) is 22.1. The Morgan fingerprint density at radius 1 is 1.22 bits per heavy atom. The number of carbonyl (C=O) groups is 2. The molecule has 4 rings (SSSR count). The number of rotatable bonds is 6. The molecule has 2 amide bonds. The summed E-state index contributed by atoms with van der Waals surface area (Å²) in [7, 11) is 0. The molecule has 1 aromatic carbocycles. The van der Waals surface area contributed by atoms with E-state index in [-0.39, 0.29) is 23.9 Å². The van der Waals surface area contributed by atoms with Crippen molar-refractivity contribution in [2.24, 2.45) is 5.92 Å². The van der Waals surface area contributed by atoms with E-state index in [0.717, 1.165) is 13.0 Å². The Morgan fingerprint density at radius 2 is 1.97 bits per heavy atom. The molecule has 5 atom stereocenters. The number of aryl methyl sites for hydroxylation is 1. The Kier molecular flexibility index (Phi) is 7.88. The molecule has 1 N–H and O–H groups in total. The fourth-order valence-electron chi connectivity index (χ4n) is 5.46. The molecule has 36 heavy (non-hydrogen) atoms. The van der Waals surface area contributed by atoms with Gasteiger partial charge in [0.05, 0.1) is 12.7 Å². The van der Waals surface area contributed by atoms with Crippen LogP contribution in [0.25, 0.3) is 0 Å². The third kappa shape index (κ3) is 6.17. The third-order valence-corrected chi connectivity index (χ3v) is 7.28. The molecule has 0 aliphatic carbocycles. The summed E-state index contributed by atoms with van der Waals surface area (Å²) in [6.07, 6.45) is 0.972. The molecule has 3 heterocycles. The van der Waals surface area contributed by atoms with Crippen molar-refractivity contribution < 1.29 is 19.2 Å². The van der Waals surface area contributed by atoms with Crippen LogP contribution in [-0.2, 0) is 20.9 Å². The first-order valence-corrected chi connectivity index (χ1v) is 12.9.